The van der Waals surface area contributed by atoms with Crippen LogP contribution in [0.15, 0.2) is 28.0 Å². The van der Waals surface area contributed by atoms with Crippen molar-refractivity contribution in [1.29, 1.82) is 0 Å². The molecular weight excluding hydrogens is 443 g/mol. The molecule has 0 atom stereocenters. The number of hydrogen-bond acceptors (Lipinski definition) is 4. The lowest BCUT2D eigenvalue weighted by Gasteiger charge is -2.52. The van der Waals surface area contributed by atoms with Gasteiger partial charge in [0.2, 0.25) is 5.11 Å². The average molecular weight is 474 g/mol. The number of nitrogens with zero attached hydrogens (tertiary/aromatic N) is 4. The Balaban J connectivity index is 1.90. The first-order valence-corrected chi connectivity index (χ1v) is 12.4. The highest BCUT2D eigenvalue weighted by atomic mass is 32.1. The van der Waals surface area contributed by atoms with Gasteiger partial charge in [-0.25, -0.2) is 13.5 Å². The molecule has 2 heterocycles. The fourth-order valence-corrected chi connectivity index (χ4v) is 8.62. The van der Waals surface area contributed by atoms with E-state index in [0.717, 1.165) is 38.3 Å². The zero-order valence-corrected chi connectivity index (χ0v) is 19.9. The topological polar surface area (TPSA) is 61.7 Å². The minimum atomic E-state index is -2.27. The van der Waals surface area contributed by atoms with Crippen LogP contribution in [0.4, 0.5) is 8.78 Å². The number of nitrogens with one attached hydrogen (secondary N) is 1. The van der Waals surface area contributed by atoms with E-state index in [9.17, 15) is 8.78 Å². The van der Waals surface area contributed by atoms with Crippen molar-refractivity contribution < 1.29 is 18.3 Å². The van der Waals surface area contributed by atoms with Crippen molar-refractivity contribution in [2.75, 3.05) is 52.6 Å². The second-order valence-corrected chi connectivity index (χ2v) is 12.5. The van der Waals surface area contributed by atoms with E-state index in [1.807, 2.05) is 0 Å². The number of thiocarbonyl (C=S) groups is 1. The highest BCUT2D eigenvalue weighted by Gasteiger charge is 2.45. The van der Waals surface area contributed by atoms with Crippen LogP contribution in [0.1, 0.15) is 26.3 Å². The van der Waals surface area contributed by atoms with Crippen LogP contribution < -0.4 is 5.43 Å². The lowest BCUT2D eigenvalue weighted by molar-refractivity contribution is 0.0551. The Kier molecular flexibility index (Phi) is 8.29. The van der Waals surface area contributed by atoms with Gasteiger partial charge < -0.3 is 9.47 Å². The standard InChI is InChI=1S/C20H30F2N5O2PS/c1-20(2,3)30(26-6-10-28-11-7-26,27-8-12-29-13-9-27)25-19(31)24-23-15-16-4-5-17(21)18(22)14-16/h4-5,14-15H,6-13H2,1-3H3,(H,24,31). The lowest BCUT2D eigenvalue weighted by Crippen LogP contribution is -2.48. The molecule has 0 bridgehead atoms. The number of morpholine rings is 2. The SMILES string of the molecule is CC(C)(C)P(=NC(=S)NN=Cc1ccc(F)c(F)c1)(N1CCOCC1)N1CCOCC1. The molecule has 7 nitrogen and oxygen atoms in total. The summed E-state index contributed by atoms with van der Waals surface area (Å²) >= 11 is 5.56. The maximum Gasteiger partial charge on any atom is 0.214 e. The van der Waals surface area contributed by atoms with Gasteiger partial charge in [-0.05, 0) is 29.9 Å². The largest absolute Gasteiger partial charge is 0.379 e. The first-order chi connectivity index (χ1) is 14.7. The van der Waals surface area contributed by atoms with E-state index >= 15 is 0 Å². The molecule has 1 aromatic rings. The van der Waals surface area contributed by atoms with E-state index in [1.54, 1.807) is 0 Å². The Bertz CT molecular complexity index is 844. The summed E-state index contributed by atoms with van der Waals surface area (Å²) in [4.78, 5) is 0. The van der Waals surface area contributed by atoms with Gasteiger partial charge in [-0.1, -0.05) is 26.8 Å². The predicted octanol–water partition coefficient (Wildman–Crippen LogP) is 3.67. The highest BCUT2D eigenvalue weighted by Crippen LogP contribution is 2.66. The van der Waals surface area contributed by atoms with E-state index in [0.29, 0.717) is 32.0 Å². The first kappa shape index (κ1) is 24.4. The molecule has 2 fully saturated rings. The van der Waals surface area contributed by atoms with Crippen molar-refractivity contribution in [3.05, 3.63) is 35.4 Å². The van der Waals surface area contributed by atoms with Gasteiger partial charge in [-0.3, -0.25) is 14.8 Å². The number of hydrazone groups is 1. The highest BCUT2D eigenvalue weighted by molar-refractivity contribution is 7.81. The number of hydrogen-bond donors (Lipinski definition) is 1. The normalized spacial score (nSPS) is 19.5. The summed E-state index contributed by atoms with van der Waals surface area (Å²) in [5, 5.41) is 4.20. The zero-order valence-electron chi connectivity index (χ0n) is 18.2. The van der Waals surface area contributed by atoms with Crippen LogP contribution in [0.25, 0.3) is 0 Å². The van der Waals surface area contributed by atoms with Crippen LogP contribution in [0.5, 0.6) is 0 Å². The molecule has 2 saturated heterocycles. The molecule has 0 spiro atoms. The number of benzene rings is 1. The Labute approximate surface area is 187 Å². The van der Waals surface area contributed by atoms with E-state index in [2.05, 4.69) is 40.6 Å². The van der Waals surface area contributed by atoms with Gasteiger partial charge in [0.15, 0.2) is 11.6 Å². The molecule has 0 unspecified atom stereocenters. The summed E-state index contributed by atoms with van der Waals surface area (Å²) in [5.74, 6) is -1.82. The number of rotatable bonds is 4. The average Bonchev–Trinajstić information content (AvgIpc) is 2.75. The van der Waals surface area contributed by atoms with Crippen molar-refractivity contribution in [2.45, 2.75) is 25.9 Å². The van der Waals surface area contributed by atoms with Gasteiger partial charge >= 0.3 is 0 Å². The van der Waals surface area contributed by atoms with Crippen molar-refractivity contribution in [1.82, 2.24) is 14.8 Å². The summed E-state index contributed by atoms with van der Waals surface area (Å²) in [6, 6.07) is 3.58. The van der Waals surface area contributed by atoms with Crippen LogP contribution in [0.2, 0.25) is 0 Å². The van der Waals surface area contributed by atoms with Gasteiger partial charge in [0.05, 0.1) is 32.6 Å². The second kappa shape index (κ2) is 10.6. The molecule has 0 saturated carbocycles. The van der Waals surface area contributed by atoms with Crippen molar-refractivity contribution >= 4 is 30.9 Å². The molecule has 1 N–H and O–H groups in total. The summed E-state index contributed by atoms with van der Waals surface area (Å²) in [7, 11) is -2.27. The van der Waals surface area contributed by atoms with Gasteiger partial charge in [0, 0.05) is 31.3 Å². The van der Waals surface area contributed by atoms with Gasteiger partial charge in [-0.15, -0.1) is 0 Å². The van der Waals surface area contributed by atoms with E-state index in [1.165, 1.54) is 12.3 Å². The molecule has 2 aliphatic heterocycles. The minimum Gasteiger partial charge on any atom is -0.379 e. The van der Waals surface area contributed by atoms with E-state index in [4.69, 9.17) is 26.4 Å². The van der Waals surface area contributed by atoms with Crippen molar-refractivity contribution in [2.24, 2.45) is 9.85 Å². The van der Waals surface area contributed by atoms with Crippen LogP contribution in [0, 0.1) is 11.6 Å². The summed E-state index contributed by atoms with van der Waals surface area (Å²) in [6.45, 7) is 12.4. The Morgan fingerprint density at radius 3 is 2.06 bits per heavy atom. The van der Waals surface area contributed by atoms with Crippen LogP contribution >= 0.6 is 19.6 Å². The first-order valence-electron chi connectivity index (χ1n) is 10.3. The third-order valence-corrected chi connectivity index (χ3v) is 10.2. The van der Waals surface area contributed by atoms with Gasteiger partial charge in [0.25, 0.3) is 0 Å². The molecule has 172 valence electrons. The summed E-state index contributed by atoms with van der Waals surface area (Å²) in [5.41, 5.74) is 3.22. The third kappa shape index (κ3) is 5.74. The number of halogens is 2. The Morgan fingerprint density at radius 1 is 1.03 bits per heavy atom. The molecule has 2 aliphatic rings. The third-order valence-electron chi connectivity index (χ3n) is 5.21. The molecule has 31 heavy (non-hydrogen) atoms. The summed E-state index contributed by atoms with van der Waals surface area (Å²) in [6.07, 6.45) is 1.39. The molecule has 0 radical (unpaired) electrons. The number of ether oxygens (including phenoxy) is 2. The van der Waals surface area contributed by atoms with Crippen LogP contribution in [-0.2, 0) is 9.47 Å². The second-order valence-electron chi connectivity index (χ2n) is 8.32. The molecule has 0 aromatic heterocycles. The van der Waals surface area contributed by atoms with Crippen molar-refractivity contribution in [3.63, 3.8) is 0 Å². The molecule has 1 aromatic carbocycles. The monoisotopic (exact) mass is 473 g/mol. The molecule has 11 heteroatoms. The molecule has 0 amide bonds. The molecule has 0 aliphatic carbocycles. The fourth-order valence-electron chi connectivity index (χ4n) is 3.87. The maximum atomic E-state index is 13.4. The van der Waals surface area contributed by atoms with Gasteiger partial charge in [0.1, 0.15) is 7.36 Å². The minimum absolute atomic E-state index is 0.169. The van der Waals surface area contributed by atoms with Crippen LogP contribution in [-0.4, -0.2) is 78.4 Å². The summed E-state index contributed by atoms with van der Waals surface area (Å²) < 4.78 is 47.7. The molecular formula is C20H30F2N5O2PS. The quantitative estimate of drug-likeness (QED) is 0.312. The van der Waals surface area contributed by atoms with Crippen molar-refractivity contribution in [3.8, 4) is 0 Å². The lowest BCUT2D eigenvalue weighted by atomic mass is 10.2. The van der Waals surface area contributed by atoms with E-state index in [-0.39, 0.29) is 10.3 Å². The van der Waals surface area contributed by atoms with E-state index < -0.39 is 19.0 Å². The molecule has 3 rings (SSSR count). The zero-order chi connectivity index (χ0) is 22.5. The Morgan fingerprint density at radius 2 is 1.58 bits per heavy atom. The predicted molar refractivity (Wildman–Crippen MR) is 124 cm³/mol. The fraction of sp³-hybridized carbons (Fsp3) is 0.600. The smallest absolute Gasteiger partial charge is 0.214 e. The maximum absolute atomic E-state index is 13.4. The van der Waals surface area contributed by atoms with Gasteiger partial charge in [-0.2, -0.15) is 5.10 Å². The van der Waals surface area contributed by atoms with Crippen LogP contribution in [0.3, 0.4) is 0 Å². The Hall–Kier alpha value is -1.29.